The number of benzene rings is 2. The van der Waals surface area contributed by atoms with Crippen LogP contribution in [0.4, 0.5) is 26.3 Å². The zero-order valence-electron chi connectivity index (χ0n) is 20.8. The molecular weight excluding hydrogens is 536 g/mol. The third kappa shape index (κ3) is 7.72. The zero-order chi connectivity index (χ0) is 28.4. The van der Waals surface area contributed by atoms with Crippen molar-refractivity contribution < 1.29 is 43.7 Å². The second-order valence-electron chi connectivity index (χ2n) is 9.76. The molecule has 5 nitrogen and oxygen atoms in total. The minimum atomic E-state index is -5.02. The van der Waals surface area contributed by atoms with Crippen LogP contribution in [-0.2, 0) is 37.0 Å². The molecule has 3 rings (SSSR count). The van der Waals surface area contributed by atoms with Crippen LogP contribution < -0.4 is 5.32 Å². The van der Waals surface area contributed by atoms with Gasteiger partial charge in [-0.3, -0.25) is 8.98 Å². The number of carbonyl (C=O) groups is 1. The Balaban J connectivity index is 1.84. The number of amides is 1. The number of rotatable bonds is 8. The molecule has 1 fully saturated rings. The Morgan fingerprint density at radius 1 is 1.00 bits per heavy atom. The predicted molar refractivity (Wildman–Crippen MR) is 128 cm³/mol. The molecule has 0 heterocycles. The van der Waals surface area contributed by atoms with Crippen LogP contribution in [0.15, 0.2) is 48.5 Å². The Morgan fingerprint density at radius 3 is 2.00 bits per heavy atom. The van der Waals surface area contributed by atoms with E-state index >= 15 is 0 Å². The second-order valence-corrected chi connectivity index (χ2v) is 11.4. The SMILES string of the molecule is CC(C(=O)N[C@]1(c2ccccc2)CC[C@@H](CCOS(C)(=O)=O)CC1)c1cc(C(F)(F)F)cc(C(F)(F)F)c1. The highest BCUT2D eigenvalue weighted by Gasteiger charge is 2.41. The second kappa shape index (κ2) is 11.3. The van der Waals surface area contributed by atoms with Crippen LogP contribution in [0, 0.1) is 5.92 Å². The van der Waals surface area contributed by atoms with Crippen LogP contribution in [-0.4, -0.2) is 27.2 Å². The molecule has 210 valence electrons. The molecule has 1 aliphatic carbocycles. The van der Waals surface area contributed by atoms with Gasteiger partial charge in [0.05, 0.1) is 35.4 Å². The van der Waals surface area contributed by atoms with Gasteiger partial charge in [-0.1, -0.05) is 30.3 Å². The van der Waals surface area contributed by atoms with E-state index in [0.717, 1.165) is 11.8 Å². The van der Waals surface area contributed by atoms with Crippen LogP contribution in [0.25, 0.3) is 0 Å². The first-order valence-electron chi connectivity index (χ1n) is 12.0. The van der Waals surface area contributed by atoms with Gasteiger partial charge in [-0.15, -0.1) is 0 Å². The van der Waals surface area contributed by atoms with Gasteiger partial charge >= 0.3 is 12.4 Å². The van der Waals surface area contributed by atoms with Gasteiger partial charge in [0.25, 0.3) is 10.1 Å². The van der Waals surface area contributed by atoms with E-state index in [2.05, 4.69) is 5.32 Å². The standard InChI is InChI=1S/C26H29F6NO4S/c1-17(19-14-21(25(27,28)29)16-22(15-19)26(30,31)32)23(34)33-24(20-6-4-3-5-7-20)11-8-18(9-12-24)10-13-37-38(2,35)36/h3-7,14-18H,8-13H2,1-2H3,(H,33,34)/t17?,18-,24-. The highest BCUT2D eigenvalue weighted by molar-refractivity contribution is 7.85. The molecule has 1 N–H and O–H groups in total. The fraction of sp³-hybridized carbons (Fsp3) is 0.500. The number of alkyl halides is 6. The number of carbonyl (C=O) groups excluding carboxylic acids is 1. The van der Waals surface area contributed by atoms with Gasteiger partial charge in [0.15, 0.2) is 0 Å². The topological polar surface area (TPSA) is 72.5 Å². The van der Waals surface area contributed by atoms with Crippen molar-refractivity contribution in [3.05, 3.63) is 70.8 Å². The first-order valence-corrected chi connectivity index (χ1v) is 13.8. The Hall–Kier alpha value is -2.60. The predicted octanol–water partition coefficient (Wildman–Crippen LogP) is 6.40. The van der Waals surface area contributed by atoms with Gasteiger partial charge in [-0.05, 0) is 74.3 Å². The molecule has 1 aliphatic rings. The van der Waals surface area contributed by atoms with Crippen molar-refractivity contribution in [2.75, 3.05) is 12.9 Å². The van der Waals surface area contributed by atoms with Crippen molar-refractivity contribution in [2.24, 2.45) is 5.92 Å². The van der Waals surface area contributed by atoms with Crippen LogP contribution in [0.2, 0.25) is 0 Å². The molecule has 1 unspecified atom stereocenters. The number of hydrogen-bond acceptors (Lipinski definition) is 4. The Labute approximate surface area is 217 Å². The van der Waals surface area contributed by atoms with Gasteiger partial charge in [0.2, 0.25) is 5.91 Å². The lowest BCUT2D eigenvalue weighted by Crippen LogP contribution is -2.49. The van der Waals surface area contributed by atoms with Crippen molar-refractivity contribution in [1.82, 2.24) is 5.32 Å². The summed E-state index contributed by atoms with van der Waals surface area (Å²) in [6, 6.07) is 10.2. The first-order chi connectivity index (χ1) is 17.5. The molecule has 2 aromatic carbocycles. The molecule has 0 radical (unpaired) electrons. The minimum Gasteiger partial charge on any atom is -0.346 e. The lowest BCUT2D eigenvalue weighted by atomic mass is 9.71. The Kier molecular flexibility index (Phi) is 8.87. The molecule has 38 heavy (non-hydrogen) atoms. The van der Waals surface area contributed by atoms with Crippen LogP contribution in [0.3, 0.4) is 0 Å². The first kappa shape index (κ1) is 29.9. The molecule has 2 aromatic rings. The van der Waals surface area contributed by atoms with E-state index < -0.39 is 51.0 Å². The number of nitrogens with one attached hydrogen (secondary N) is 1. The molecule has 1 saturated carbocycles. The van der Waals surface area contributed by atoms with Crippen molar-refractivity contribution in [1.29, 1.82) is 0 Å². The summed E-state index contributed by atoms with van der Waals surface area (Å²) < 4.78 is 107. The highest BCUT2D eigenvalue weighted by atomic mass is 32.2. The normalized spacial score (nSPS) is 21.6. The smallest absolute Gasteiger partial charge is 0.346 e. The highest BCUT2D eigenvalue weighted by Crippen LogP contribution is 2.42. The van der Waals surface area contributed by atoms with Crippen LogP contribution in [0.5, 0.6) is 0 Å². The van der Waals surface area contributed by atoms with Crippen LogP contribution >= 0.6 is 0 Å². The lowest BCUT2D eigenvalue weighted by molar-refractivity contribution is -0.143. The maximum absolute atomic E-state index is 13.3. The fourth-order valence-electron chi connectivity index (χ4n) is 4.79. The lowest BCUT2D eigenvalue weighted by Gasteiger charge is -2.42. The van der Waals surface area contributed by atoms with E-state index in [1.54, 1.807) is 18.2 Å². The third-order valence-electron chi connectivity index (χ3n) is 6.97. The van der Waals surface area contributed by atoms with E-state index in [4.69, 9.17) is 4.18 Å². The van der Waals surface area contributed by atoms with E-state index in [1.165, 1.54) is 6.92 Å². The third-order valence-corrected chi connectivity index (χ3v) is 7.57. The average molecular weight is 566 g/mol. The average Bonchev–Trinajstić information content (AvgIpc) is 2.83. The molecule has 1 atom stereocenters. The largest absolute Gasteiger partial charge is 0.416 e. The van der Waals surface area contributed by atoms with Crippen molar-refractivity contribution in [3.8, 4) is 0 Å². The van der Waals surface area contributed by atoms with E-state index in [1.807, 2.05) is 12.1 Å². The van der Waals surface area contributed by atoms with Gasteiger partial charge in [-0.2, -0.15) is 34.8 Å². The summed E-state index contributed by atoms with van der Waals surface area (Å²) in [4.78, 5) is 13.3. The molecule has 12 heteroatoms. The molecule has 0 bridgehead atoms. The summed E-state index contributed by atoms with van der Waals surface area (Å²) in [6.45, 7) is 1.31. The maximum atomic E-state index is 13.3. The number of halogens is 6. The van der Waals surface area contributed by atoms with Gasteiger partial charge < -0.3 is 5.32 Å². The molecule has 1 amide bonds. The zero-order valence-corrected chi connectivity index (χ0v) is 21.6. The van der Waals surface area contributed by atoms with E-state index in [9.17, 15) is 39.6 Å². The summed E-state index contributed by atoms with van der Waals surface area (Å²) in [6.07, 6.45) is -6.45. The Morgan fingerprint density at radius 2 is 1.53 bits per heavy atom. The van der Waals surface area contributed by atoms with Gasteiger partial charge in [-0.25, -0.2) is 0 Å². The summed E-state index contributed by atoms with van der Waals surface area (Å²) in [5.41, 5.74) is -3.45. The molecular formula is C26H29F6NO4S. The summed E-state index contributed by atoms with van der Waals surface area (Å²) in [7, 11) is -3.57. The van der Waals surface area contributed by atoms with E-state index in [0.29, 0.717) is 44.2 Å². The van der Waals surface area contributed by atoms with Crippen LogP contribution in [0.1, 0.15) is 67.2 Å². The summed E-state index contributed by atoms with van der Waals surface area (Å²) in [5.74, 6) is -1.86. The quantitative estimate of drug-likeness (QED) is 0.297. The van der Waals surface area contributed by atoms with Gasteiger partial charge in [0.1, 0.15) is 0 Å². The molecule has 0 aliphatic heterocycles. The number of hydrogen-bond donors (Lipinski definition) is 1. The molecule has 0 spiro atoms. The van der Waals surface area contributed by atoms with Crippen molar-refractivity contribution in [3.63, 3.8) is 0 Å². The van der Waals surface area contributed by atoms with Crippen molar-refractivity contribution in [2.45, 2.75) is 62.8 Å². The monoisotopic (exact) mass is 565 g/mol. The van der Waals surface area contributed by atoms with Gasteiger partial charge in [0, 0.05) is 0 Å². The van der Waals surface area contributed by atoms with Crippen molar-refractivity contribution >= 4 is 16.0 Å². The molecule has 0 saturated heterocycles. The molecule has 0 aromatic heterocycles. The Bertz CT molecular complexity index is 1190. The summed E-state index contributed by atoms with van der Waals surface area (Å²) >= 11 is 0. The maximum Gasteiger partial charge on any atom is 0.416 e. The minimum absolute atomic E-state index is 0.0301. The van der Waals surface area contributed by atoms with E-state index in [-0.39, 0.29) is 24.2 Å². The fourth-order valence-corrected chi connectivity index (χ4v) is 5.19. The summed E-state index contributed by atoms with van der Waals surface area (Å²) in [5, 5.41) is 2.94.